The number of non-ortho nitro benzene ring substituents is 1. The molecule has 1 amide bonds. The van der Waals surface area contributed by atoms with E-state index >= 15 is 0 Å². The van der Waals surface area contributed by atoms with E-state index in [4.69, 9.17) is 4.74 Å². The topological polar surface area (TPSA) is 81.5 Å². The summed E-state index contributed by atoms with van der Waals surface area (Å²) >= 11 is 0. The predicted octanol–water partition coefficient (Wildman–Crippen LogP) is 4.05. The van der Waals surface area contributed by atoms with Gasteiger partial charge >= 0.3 is 0 Å². The Bertz CT molecular complexity index is 783. The van der Waals surface area contributed by atoms with Gasteiger partial charge in [0.1, 0.15) is 11.6 Å². The van der Waals surface area contributed by atoms with Crippen LogP contribution in [0.15, 0.2) is 42.5 Å². The van der Waals surface area contributed by atoms with Crippen LogP contribution in [0.2, 0.25) is 0 Å². The summed E-state index contributed by atoms with van der Waals surface area (Å²) in [6, 6.07) is 10.2. The Balaban J connectivity index is 1.97. The molecule has 0 aliphatic carbocycles. The Morgan fingerprint density at radius 2 is 1.84 bits per heavy atom. The van der Waals surface area contributed by atoms with Gasteiger partial charge < -0.3 is 10.1 Å². The number of nitrogens with one attached hydrogen (secondary N) is 1. The standard InChI is InChI=1S/C18H19FN2O4/c1-18(2,3)12-4-7-14(8-5-12)25-11-17(22)20-16-10-13(21(23)24)6-9-15(16)19/h4-10H,11H2,1-3H3,(H,20,22). The van der Waals surface area contributed by atoms with Gasteiger partial charge in [-0.2, -0.15) is 0 Å². The second-order valence-electron chi connectivity index (χ2n) is 6.53. The van der Waals surface area contributed by atoms with Gasteiger partial charge in [-0.05, 0) is 29.2 Å². The summed E-state index contributed by atoms with van der Waals surface area (Å²) in [4.78, 5) is 21.9. The molecule has 0 radical (unpaired) electrons. The molecular weight excluding hydrogens is 327 g/mol. The van der Waals surface area contributed by atoms with Crippen LogP contribution < -0.4 is 10.1 Å². The molecule has 0 spiro atoms. The molecule has 0 bridgehead atoms. The number of carbonyl (C=O) groups is 1. The van der Waals surface area contributed by atoms with Crippen molar-refractivity contribution < 1.29 is 18.8 Å². The smallest absolute Gasteiger partial charge is 0.271 e. The maximum atomic E-state index is 13.6. The number of carbonyl (C=O) groups excluding carboxylic acids is 1. The van der Waals surface area contributed by atoms with E-state index in [-0.39, 0.29) is 23.4 Å². The maximum absolute atomic E-state index is 13.6. The monoisotopic (exact) mass is 346 g/mol. The van der Waals surface area contributed by atoms with Crippen molar-refractivity contribution in [3.63, 3.8) is 0 Å². The molecule has 2 aromatic rings. The van der Waals surface area contributed by atoms with Crippen LogP contribution in [0.4, 0.5) is 15.8 Å². The fourth-order valence-corrected chi connectivity index (χ4v) is 2.11. The third-order valence-electron chi connectivity index (χ3n) is 3.53. The lowest BCUT2D eigenvalue weighted by molar-refractivity contribution is -0.384. The molecule has 0 heterocycles. The van der Waals surface area contributed by atoms with Crippen LogP contribution in [0.5, 0.6) is 5.75 Å². The molecule has 0 saturated carbocycles. The molecule has 7 heteroatoms. The SMILES string of the molecule is CC(C)(C)c1ccc(OCC(=O)Nc2cc([N+](=O)[O-])ccc2F)cc1. The van der Waals surface area contributed by atoms with E-state index in [9.17, 15) is 19.3 Å². The average Bonchev–Trinajstić information content (AvgIpc) is 2.54. The predicted molar refractivity (Wildman–Crippen MR) is 92.3 cm³/mol. The van der Waals surface area contributed by atoms with Crippen molar-refractivity contribution in [1.82, 2.24) is 0 Å². The zero-order valence-electron chi connectivity index (χ0n) is 14.2. The lowest BCUT2D eigenvalue weighted by atomic mass is 9.87. The quantitative estimate of drug-likeness (QED) is 0.654. The molecule has 0 unspecified atom stereocenters. The molecule has 1 N–H and O–H groups in total. The highest BCUT2D eigenvalue weighted by Crippen LogP contribution is 2.24. The highest BCUT2D eigenvalue weighted by atomic mass is 19.1. The molecule has 2 aromatic carbocycles. The summed E-state index contributed by atoms with van der Waals surface area (Å²) in [7, 11) is 0. The van der Waals surface area contributed by atoms with E-state index in [2.05, 4.69) is 26.1 Å². The van der Waals surface area contributed by atoms with Crippen molar-refractivity contribution in [2.45, 2.75) is 26.2 Å². The van der Waals surface area contributed by atoms with Crippen LogP contribution in [0.3, 0.4) is 0 Å². The van der Waals surface area contributed by atoms with Crippen molar-refractivity contribution >= 4 is 17.3 Å². The van der Waals surface area contributed by atoms with Gasteiger partial charge in [-0.25, -0.2) is 4.39 Å². The number of nitro benzene ring substituents is 1. The van der Waals surface area contributed by atoms with Gasteiger partial charge in [-0.3, -0.25) is 14.9 Å². The number of hydrogen-bond acceptors (Lipinski definition) is 4. The molecule has 0 atom stereocenters. The number of halogens is 1. The molecule has 132 valence electrons. The number of benzene rings is 2. The molecule has 0 aromatic heterocycles. The van der Waals surface area contributed by atoms with Crippen LogP contribution in [-0.4, -0.2) is 17.4 Å². The number of amides is 1. The van der Waals surface area contributed by atoms with E-state index in [0.717, 1.165) is 23.8 Å². The highest BCUT2D eigenvalue weighted by Gasteiger charge is 2.15. The number of ether oxygens (including phenoxy) is 1. The Hall–Kier alpha value is -2.96. The largest absolute Gasteiger partial charge is 0.484 e. The lowest BCUT2D eigenvalue weighted by Gasteiger charge is -2.19. The molecule has 0 aliphatic heterocycles. The first kappa shape index (κ1) is 18.4. The minimum Gasteiger partial charge on any atom is -0.484 e. The number of nitro groups is 1. The first-order valence-corrected chi connectivity index (χ1v) is 7.64. The Labute approximate surface area is 144 Å². The van der Waals surface area contributed by atoms with Crippen molar-refractivity contribution in [1.29, 1.82) is 0 Å². The Morgan fingerprint density at radius 3 is 2.40 bits per heavy atom. The van der Waals surface area contributed by atoms with Crippen LogP contribution in [0.25, 0.3) is 0 Å². The van der Waals surface area contributed by atoms with Crippen molar-refractivity contribution in [2.75, 3.05) is 11.9 Å². The molecule has 6 nitrogen and oxygen atoms in total. The van der Waals surface area contributed by atoms with Crippen LogP contribution in [0.1, 0.15) is 26.3 Å². The summed E-state index contributed by atoms with van der Waals surface area (Å²) < 4.78 is 19.0. The Morgan fingerprint density at radius 1 is 1.20 bits per heavy atom. The van der Waals surface area contributed by atoms with Gasteiger partial charge in [0.2, 0.25) is 0 Å². The fourth-order valence-electron chi connectivity index (χ4n) is 2.11. The van der Waals surface area contributed by atoms with Gasteiger partial charge in [0, 0.05) is 12.1 Å². The van der Waals surface area contributed by atoms with Crippen LogP contribution >= 0.6 is 0 Å². The van der Waals surface area contributed by atoms with Crippen molar-refractivity contribution in [3.8, 4) is 5.75 Å². The fraction of sp³-hybridized carbons (Fsp3) is 0.278. The lowest BCUT2D eigenvalue weighted by Crippen LogP contribution is -2.21. The second-order valence-corrected chi connectivity index (χ2v) is 6.53. The Kier molecular flexibility index (Phi) is 5.36. The van der Waals surface area contributed by atoms with Gasteiger partial charge in [-0.15, -0.1) is 0 Å². The maximum Gasteiger partial charge on any atom is 0.271 e. The number of hydrogen-bond donors (Lipinski definition) is 1. The molecule has 0 fully saturated rings. The summed E-state index contributed by atoms with van der Waals surface area (Å²) in [6.07, 6.45) is 0. The zero-order chi connectivity index (χ0) is 18.6. The number of rotatable bonds is 5. The van der Waals surface area contributed by atoms with Gasteiger partial charge in [0.25, 0.3) is 11.6 Å². The van der Waals surface area contributed by atoms with E-state index in [1.165, 1.54) is 0 Å². The van der Waals surface area contributed by atoms with E-state index in [1.807, 2.05) is 12.1 Å². The van der Waals surface area contributed by atoms with Crippen molar-refractivity contribution in [3.05, 3.63) is 64.0 Å². The molecule has 0 saturated heterocycles. The first-order chi connectivity index (χ1) is 11.7. The molecule has 2 rings (SSSR count). The number of nitrogens with zero attached hydrogens (tertiary/aromatic N) is 1. The minimum atomic E-state index is -0.756. The third-order valence-corrected chi connectivity index (χ3v) is 3.53. The zero-order valence-corrected chi connectivity index (χ0v) is 14.2. The second kappa shape index (κ2) is 7.29. The number of anilines is 1. The summed E-state index contributed by atoms with van der Waals surface area (Å²) in [5, 5.41) is 13.0. The van der Waals surface area contributed by atoms with E-state index in [1.54, 1.807) is 12.1 Å². The third kappa shape index (κ3) is 5.00. The van der Waals surface area contributed by atoms with E-state index < -0.39 is 16.6 Å². The first-order valence-electron chi connectivity index (χ1n) is 7.64. The minimum absolute atomic E-state index is 0.00938. The van der Waals surface area contributed by atoms with Gasteiger partial charge in [-0.1, -0.05) is 32.9 Å². The molecule has 0 aliphatic rings. The highest BCUT2D eigenvalue weighted by molar-refractivity contribution is 5.92. The summed E-state index contributed by atoms with van der Waals surface area (Å²) in [5.41, 5.74) is 0.569. The normalized spacial score (nSPS) is 11.0. The van der Waals surface area contributed by atoms with Gasteiger partial charge in [0.05, 0.1) is 10.6 Å². The van der Waals surface area contributed by atoms with Crippen LogP contribution in [0, 0.1) is 15.9 Å². The molecular formula is C18H19FN2O4. The van der Waals surface area contributed by atoms with Crippen LogP contribution in [-0.2, 0) is 10.2 Å². The van der Waals surface area contributed by atoms with Gasteiger partial charge in [0.15, 0.2) is 6.61 Å². The van der Waals surface area contributed by atoms with E-state index in [0.29, 0.717) is 5.75 Å². The summed E-state index contributed by atoms with van der Waals surface area (Å²) in [6.45, 7) is 5.93. The average molecular weight is 346 g/mol. The van der Waals surface area contributed by atoms with Crippen molar-refractivity contribution in [2.24, 2.45) is 0 Å². The molecule has 25 heavy (non-hydrogen) atoms. The summed E-state index contributed by atoms with van der Waals surface area (Å²) in [5.74, 6) is -0.865.